The molecule has 0 saturated carbocycles. The highest BCUT2D eigenvalue weighted by molar-refractivity contribution is 4.77. The maximum absolute atomic E-state index is 3.29. The highest BCUT2D eigenvalue weighted by Crippen LogP contribution is 2.20. The average Bonchev–Trinajstić information content (AvgIpc) is 2.42. The summed E-state index contributed by atoms with van der Waals surface area (Å²) < 4.78 is 0. The third-order valence-electron chi connectivity index (χ3n) is 3.98. The zero-order chi connectivity index (χ0) is 11.3. The van der Waals surface area contributed by atoms with Gasteiger partial charge in [0.25, 0.3) is 0 Å². The van der Waals surface area contributed by atoms with Crippen molar-refractivity contribution in [3.63, 3.8) is 0 Å². The summed E-state index contributed by atoms with van der Waals surface area (Å²) in [5.41, 5.74) is 0. The molecule has 0 bridgehead atoms. The molecule has 0 amide bonds. The fourth-order valence-corrected chi connectivity index (χ4v) is 2.54. The van der Waals surface area contributed by atoms with E-state index in [9.17, 15) is 0 Å². The van der Waals surface area contributed by atoms with Gasteiger partial charge in [-0.2, -0.15) is 0 Å². The summed E-state index contributed by atoms with van der Waals surface area (Å²) in [6.45, 7) is 10.9. The van der Waals surface area contributed by atoms with E-state index in [1.54, 1.807) is 0 Å². The van der Waals surface area contributed by atoms with Gasteiger partial charge in [0.1, 0.15) is 0 Å². The Balaban J connectivity index is 2.40. The normalized spacial score (nSPS) is 28.4. The third kappa shape index (κ3) is 4.12. The topological polar surface area (TPSA) is 15.3 Å². The molecule has 0 aromatic heterocycles. The van der Waals surface area contributed by atoms with Crippen LogP contribution in [0.2, 0.25) is 0 Å². The molecule has 3 atom stereocenters. The highest BCUT2D eigenvalue weighted by atomic mass is 15.2. The maximum Gasteiger partial charge on any atom is 0.0105 e. The Morgan fingerprint density at radius 3 is 2.67 bits per heavy atom. The molecular weight excluding hydrogens is 184 g/mol. The van der Waals surface area contributed by atoms with Crippen LogP contribution in [0.5, 0.6) is 0 Å². The average molecular weight is 212 g/mol. The molecule has 2 nitrogen and oxygen atoms in total. The van der Waals surface area contributed by atoms with Crippen LogP contribution >= 0.6 is 0 Å². The molecule has 0 aliphatic carbocycles. The van der Waals surface area contributed by atoms with Crippen molar-refractivity contribution in [2.45, 2.75) is 46.1 Å². The Morgan fingerprint density at radius 1 is 1.27 bits per heavy atom. The first-order valence-electron chi connectivity index (χ1n) is 6.53. The molecule has 0 radical (unpaired) electrons. The number of hydrogen-bond acceptors (Lipinski definition) is 2. The second kappa shape index (κ2) is 6.49. The number of hydrogen-bond donors (Lipinski definition) is 1. The smallest absolute Gasteiger partial charge is 0.0105 e. The molecule has 1 rings (SSSR count). The molecule has 1 heterocycles. The van der Waals surface area contributed by atoms with Crippen LogP contribution in [0.3, 0.4) is 0 Å². The van der Waals surface area contributed by atoms with Gasteiger partial charge in [-0.05, 0) is 64.7 Å². The van der Waals surface area contributed by atoms with Gasteiger partial charge < -0.3 is 10.2 Å². The predicted molar refractivity (Wildman–Crippen MR) is 67.1 cm³/mol. The molecule has 0 aromatic carbocycles. The Labute approximate surface area is 95.4 Å². The lowest BCUT2D eigenvalue weighted by Gasteiger charge is -2.32. The lowest BCUT2D eigenvalue weighted by molar-refractivity contribution is 0.165. The molecule has 15 heavy (non-hydrogen) atoms. The summed E-state index contributed by atoms with van der Waals surface area (Å²) in [4.78, 5) is 2.69. The molecule has 2 heteroatoms. The van der Waals surface area contributed by atoms with Crippen LogP contribution in [0.25, 0.3) is 0 Å². The van der Waals surface area contributed by atoms with E-state index < -0.39 is 0 Å². The van der Waals surface area contributed by atoms with Gasteiger partial charge in [0.2, 0.25) is 0 Å². The summed E-state index contributed by atoms with van der Waals surface area (Å²) in [6, 6.07) is 0.725. The van der Waals surface area contributed by atoms with Gasteiger partial charge in [-0.3, -0.25) is 0 Å². The van der Waals surface area contributed by atoms with Crippen LogP contribution in [0, 0.1) is 11.8 Å². The van der Waals surface area contributed by atoms with Crippen LogP contribution < -0.4 is 5.32 Å². The standard InChI is InChI=1S/C13H28N2/c1-11-6-5-8-15(9-7-11)13(3)12(2)10-14-4/h11-14H,5-10H2,1-4H3. The Hall–Kier alpha value is -0.0800. The third-order valence-corrected chi connectivity index (χ3v) is 3.98. The van der Waals surface area contributed by atoms with E-state index in [2.05, 4.69) is 31.0 Å². The summed E-state index contributed by atoms with van der Waals surface area (Å²) >= 11 is 0. The predicted octanol–water partition coefficient (Wildman–Crippen LogP) is 2.35. The van der Waals surface area contributed by atoms with Crippen LogP contribution in [-0.4, -0.2) is 37.6 Å². The number of nitrogens with zero attached hydrogens (tertiary/aromatic N) is 1. The fourth-order valence-electron chi connectivity index (χ4n) is 2.54. The monoisotopic (exact) mass is 212 g/mol. The minimum Gasteiger partial charge on any atom is -0.319 e. The fraction of sp³-hybridized carbons (Fsp3) is 1.00. The number of likely N-dealkylation sites (tertiary alicyclic amines) is 1. The van der Waals surface area contributed by atoms with Crippen molar-refractivity contribution in [1.29, 1.82) is 0 Å². The molecule has 3 unspecified atom stereocenters. The summed E-state index contributed by atoms with van der Waals surface area (Å²) in [7, 11) is 2.05. The van der Waals surface area contributed by atoms with Crippen molar-refractivity contribution in [3.05, 3.63) is 0 Å². The summed E-state index contributed by atoms with van der Waals surface area (Å²) in [6.07, 6.45) is 4.19. The van der Waals surface area contributed by atoms with Crippen molar-refractivity contribution in [2.24, 2.45) is 11.8 Å². The Bertz CT molecular complexity index is 170. The molecule has 1 aliphatic rings. The number of nitrogens with one attached hydrogen (secondary N) is 1. The molecule has 1 saturated heterocycles. The van der Waals surface area contributed by atoms with Gasteiger partial charge in [0, 0.05) is 6.04 Å². The van der Waals surface area contributed by atoms with Crippen molar-refractivity contribution >= 4 is 0 Å². The van der Waals surface area contributed by atoms with Gasteiger partial charge in [0.15, 0.2) is 0 Å². The minimum absolute atomic E-state index is 0.725. The van der Waals surface area contributed by atoms with Crippen molar-refractivity contribution in [2.75, 3.05) is 26.7 Å². The van der Waals surface area contributed by atoms with E-state index >= 15 is 0 Å². The Kier molecular flexibility index (Phi) is 5.62. The molecule has 1 N–H and O–H groups in total. The first kappa shape index (κ1) is 13.0. The van der Waals surface area contributed by atoms with E-state index in [-0.39, 0.29) is 0 Å². The highest BCUT2D eigenvalue weighted by Gasteiger charge is 2.21. The van der Waals surface area contributed by atoms with Gasteiger partial charge in [0.05, 0.1) is 0 Å². The van der Waals surface area contributed by atoms with Gasteiger partial charge >= 0.3 is 0 Å². The Morgan fingerprint density at radius 2 is 2.00 bits per heavy atom. The van der Waals surface area contributed by atoms with Crippen molar-refractivity contribution in [1.82, 2.24) is 10.2 Å². The minimum atomic E-state index is 0.725. The zero-order valence-electron chi connectivity index (χ0n) is 10.9. The van der Waals surface area contributed by atoms with Crippen LogP contribution in [0.4, 0.5) is 0 Å². The van der Waals surface area contributed by atoms with E-state index in [0.717, 1.165) is 24.4 Å². The summed E-state index contributed by atoms with van der Waals surface area (Å²) in [5, 5.41) is 3.29. The molecule has 90 valence electrons. The lowest BCUT2D eigenvalue weighted by Crippen LogP contribution is -2.41. The van der Waals surface area contributed by atoms with Crippen molar-refractivity contribution in [3.8, 4) is 0 Å². The van der Waals surface area contributed by atoms with E-state index in [1.807, 2.05) is 7.05 Å². The van der Waals surface area contributed by atoms with Gasteiger partial charge in [-0.15, -0.1) is 0 Å². The van der Waals surface area contributed by atoms with Gasteiger partial charge in [-0.25, -0.2) is 0 Å². The van der Waals surface area contributed by atoms with Gasteiger partial charge in [-0.1, -0.05) is 13.8 Å². The first-order valence-corrected chi connectivity index (χ1v) is 6.53. The molecule has 0 spiro atoms. The van der Waals surface area contributed by atoms with E-state index in [1.165, 1.54) is 32.4 Å². The molecule has 1 aliphatic heterocycles. The molecular formula is C13H28N2. The molecule has 0 aromatic rings. The molecule has 1 fully saturated rings. The van der Waals surface area contributed by atoms with E-state index in [4.69, 9.17) is 0 Å². The maximum atomic E-state index is 3.29. The second-order valence-electron chi connectivity index (χ2n) is 5.35. The van der Waals surface area contributed by atoms with Crippen LogP contribution in [0.15, 0.2) is 0 Å². The van der Waals surface area contributed by atoms with Crippen molar-refractivity contribution < 1.29 is 0 Å². The SMILES string of the molecule is CNCC(C)C(C)N1CCCC(C)CC1. The van der Waals surface area contributed by atoms with Crippen LogP contribution in [0.1, 0.15) is 40.0 Å². The summed E-state index contributed by atoms with van der Waals surface area (Å²) in [5.74, 6) is 1.69. The largest absolute Gasteiger partial charge is 0.319 e. The van der Waals surface area contributed by atoms with E-state index in [0.29, 0.717) is 0 Å². The van der Waals surface area contributed by atoms with Crippen LogP contribution in [-0.2, 0) is 0 Å². The lowest BCUT2D eigenvalue weighted by atomic mass is 10.0. The quantitative estimate of drug-likeness (QED) is 0.769. The first-order chi connectivity index (χ1) is 7.15. The number of rotatable bonds is 4. The zero-order valence-corrected chi connectivity index (χ0v) is 10.9. The second-order valence-corrected chi connectivity index (χ2v) is 5.35.